The number of rotatable bonds is 6. The van der Waals surface area contributed by atoms with Crippen molar-refractivity contribution in [2.45, 2.75) is 13.5 Å². The third-order valence-electron chi connectivity index (χ3n) is 5.16. The summed E-state index contributed by atoms with van der Waals surface area (Å²) < 4.78 is 17.2. The maximum atomic E-state index is 12.8. The smallest absolute Gasteiger partial charge is 0.228 e. The van der Waals surface area contributed by atoms with Gasteiger partial charge in [0.05, 0.1) is 0 Å². The lowest BCUT2D eigenvalue weighted by molar-refractivity contribution is 0.101. The van der Waals surface area contributed by atoms with Crippen LogP contribution >= 0.6 is 0 Å². The highest BCUT2D eigenvalue weighted by Crippen LogP contribution is 2.30. The summed E-state index contributed by atoms with van der Waals surface area (Å²) in [6.45, 7) is 2.13. The van der Waals surface area contributed by atoms with Gasteiger partial charge in [0.25, 0.3) is 0 Å². The lowest BCUT2D eigenvalue weighted by Crippen LogP contribution is -2.00. The summed E-state index contributed by atoms with van der Waals surface area (Å²) >= 11 is 0. The molecule has 0 atom stereocenters. The highest BCUT2D eigenvalue weighted by atomic mass is 16.5. The number of hydrogen-bond acceptors (Lipinski definition) is 5. The Bertz CT molecular complexity index is 1350. The Morgan fingerprint density at radius 3 is 2.45 bits per heavy atom. The van der Waals surface area contributed by atoms with Crippen molar-refractivity contribution in [1.82, 2.24) is 5.16 Å². The molecule has 0 bridgehead atoms. The number of furan rings is 1. The Balaban J connectivity index is 1.35. The number of benzene rings is 3. The number of fused-ring (bicyclic) bond motifs is 1. The topological polar surface area (TPSA) is 65.5 Å². The van der Waals surface area contributed by atoms with Gasteiger partial charge < -0.3 is 13.7 Å². The molecule has 5 aromatic rings. The summed E-state index contributed by atoms with van der Waals surface area (Å²) in [4.78, 5) is 12.8. The Labute approximate surface area is 178 Å². The van der Waals surface area contributed by atoms with E-state index in [1.807, 2.05) is 73.7 Å². The third-order valence-corrected chi connectivity index (χ3v) is 5.16. The maximum Gasteiger partial charge on any atom is 0.228 e. The van der Waals surface area contributed by atoms with Crippen LogP contribution in [-0.2, 0) is 6.61 Å². The lowest BCUT2D eigenvalue weighted by atomic mass is 10.0. The zero-order valence-electron chi connectivity index (χ0n) is 16.9. The predicted molar refractivity (Wildman–Crippen MR) is 117 cm³/mol. The summed E-state index contributed by atoms with van der Waals surface area (Å²) in [6.07, 6.45) is 0. The zero-order valence-corrected chi connectivity index (χ0v) is 16.9. The van der Waals surface area contributed by atoms with E-state index < -0.39 is 0 Å². The molecule has 0 fully saturated rings. The van der Waals surface area contributed by atoms with Crippen LogP contribution in [0.5, 0.6) is 5.75 Å². The summed E-state index contributed by atoms with van der Waals surface area (Å²) in [7, 11) is 0. The van der Waals surface area contributed by atoms with E-state index in [0.717, 1.165) is 22.2 Å². The number of hydrogen-bond donors (Lipinski definition) is 0. The minimum absolute atomic E-state index is 0.133. The van der Waals surface area contributed by atoms with Crippen LogP contribution in [0.15, 0.2) is 93.9 Å². The molecule has 5 heteroatoms. The van der Waals surface area contributed by atoms with Gasteiger partial charge in [0, 0.05) is 34.2 Å². The van der Waals surface area contributed by atoms with Crippen molar-refractivity contribution in [2.24, 2.45) is 0 Å². The molecule has 0 N–H and O–H groups in total. The first kappa shape index (κ1) is 18.9. The molecule has 5 rings (SSSR count). The van der Waals surface area contributed by atoms with Crippen LogP contribution in [0.3, 0.4) is 0 Å². The van der Waals surface area contributed by atoms with Crippen LogP contribution in [0, 0.1) is 6.92 Å². The third kappa shape index (κ3) is 3.73. The van der Waals surface area contributed by atoms with Crippen molar-refractivity contribution in [1.29, 1.82) is 0 Å². The average Bonchev–Trinajstić information content (AvgIpc) is 3.43. The van der Waals surface area contributed by atoms with Gasteiger partial charge in [0.15, 0.2) is 11.5 Å². The molecule has 0 spiro atoms. The SMILES string of the molecule is Cc1c(C(=O)c2ccccc2)oc2cc(OCc3cc(-c4ccccc4)no3)ccc12. The van der Waals surface area contributed by atoms with Gasteiger partial charge in [-0.1, -0.05) is 65.8 Å². The van der Waals surface area contributed by atoms with Gasteiger partial charge in [-0.25, -0.2) is 0 Å². The Hall–Kier alpha value is -4.12. The van der Waals surface area contributed by atoms with E-state index in [-0.39, 0.29) is 12.4 Å². The second-order valence-corrected chi connectivity index (χ2v) is 7.24. The van der Waals surface area contributed by atoms with Crippen molar-refractivity contribution < 1.29 is 18.5 Å². The number of carbonyl (C=O) groups is 1. The molecule has 0 saturated heterocycles. The molecule has 3 aromatic carbocycles. The first-order valence-electron chi connectivity index (χ1n) is 9.96. The van der Waals surface area contributed by atoms with Crippen LogP contribution < -0.4 is 4.74 Å². The lowest BCUT2D eigenvalue weighted by Gasteiger charge is -2.03. The fraction of sp³-hybridized carbons (Fsp3) is 0.0769. The molecule has 0 amide bonds. The van der Waals surface area contributed by atoms with Gasteiger partial charge in [-0.3, -0.25) is 4.79 Å². The highest BCUT2D eigenvalue weighted by molar-refractivity contribution is 6.10. The molecule has 31 heavy (non-hydrogen) atoms. The fourth-order valence-corrected chi connectivity index (χ4v) is 3.51. The average molecular weight is 409 g/mol. The predicted octanol–water partition coefficient (Wildman–Crippen LogP) is 6.21. The van der Waals surface area contributed by atoms with E-state index in [2.05, 4.69) is 5.16 Å². The van der Waals surface area contributed by atoms with Gasteiger partial charge in [0.2, 0.25) is 5.78 Å². The van der Waals surface area contributed by atoms with Crippen molar-refractivity contribution in [2.75, 3.05) is 0 Å². The van der Waals surface area contributed by atoms with Crippen molar-refractivity contribution >= 4 is 16.8 Å². The van der Waals surface area contributed by atoms with Gasteiger partial charge in [-0.05, 0) is 19.1 Å². The number of ketones is 1. The van der Waals surface area contributed by atoms with Crippen molar-refractivity contribution in [3.05, 3.63) is 108 Å². The summed E-state index contributed by atoms with van der Waals surface area (Å²) in [5.74, 6) is 1.46. The molecule has 0 aliphatic heterocycles. The zero-order chi connectivity index (χ0) is 21.2. The Morgan fingerprint density at radius 2 is 1.68 bits per heavy atom. The summed E-state index contributed by atoms with van der Waals surface area (Å²) in [6, 6.07) is 26.4. The van der Waals surface area contributed by atoms with Gasteiger partial charge in [-0.15, -0.1) is 0 Å². The number of ether oxygens (including phenoxy) is 1. The molecular formula is C26H19NO4. The van der Waals surface area contributed by atoms with Gasteiger partial charge in [0.1, 0.15) is 23.6 Å². The largest absolute Gasteiger partial charge is 0.485 e. The summed E-state index contributed by atoms with van der Waals surface area (Å²) in [5, 5.41) is 4.99. The van der Waals surface area contributed by atoms with Crippen LogP contribution in [0.25, 0.3) is 22.2 Å². The molecule has 152 valence electrons. The molecule has 0 radical (unpaired) electrons. The van der Waals surface area contributed by atoms with E-state index in [4.69, 9.17) is 13.7 Å². The first-order valence-corrected chi connectivity index (χ1v) is 9.96. The van der Waals surface area contributed by atoms with E-state index in [0.29, 0.717) is 28.4 Å². The first-order chi connectivity index (χ1) is 15.2. The van der Waals surface area contributed by atoms with E-state index in [9.17, 15) is 4.79 Å². The molecule has 5 nitrogen and oxygen atoms in total. The molecule has 2 aromatic heterocycles. The van der Waals surface area contributed by atoms with Crippen LogP contribution in [0.4, 0.5) is 0 Å². The Morgan fingerprint density at radius 1 is 0.935 bits per heavy atom. The highest BCUT2D eigenvalue weighted by Gasteiger charge is 2.19. The molecule has 2 heterocycles. The molecule has 0 saturated carbocycles. The molecular weight excluding hydrogens is 390 g/mol. The quantitative estimate of drug-likeness (QED) is 0.312. The van der Waals surface area contributed by atoms with Crippen LogP contribution in [0.1, 0.15) is 27.4 Å². The monoisotopic (exact) mass is 409 g/mol. The van der Waals surface area contributed by atoms with E-state index in [1.54, 1.807) is 18.2 Å². The minimum Gasteiger partial charge on any atom is -0.485 e. The maximum absolute atomic E-state index is 12.8. The van der Waals surface area contributed by atoms with Crippen molar-refractivity contribution in [3.8, 4) is 17.0 Å². The second-order valence-electron chi connectivity index (χ2n) is 7.24. The second kappa shape index (κ2) is 7.95. The number of nitrogens with zero attached hydrogens (tertiary/aromatic N) is 1. The standard InChI is InChI=1S/C26H19NO4/c1-17-22-13-12-20(15-24(22)30-26(17)25(28)19-10-6-3-7-11-19)29-16-21-14-23(27-31-21)18-8-4-2-5-9-18/h2-15H,16H2,1H3. The van der Waals surface area contributed by atoms with Gasteiger partial charge >= 0.3 is 0 Å². The summed E-state index contributed by atoms with van der Waals surface area (Å²) in [5.41, 5.74) is 3.77. The fourth-order valence-electron chi connectivity index (χ4n) is 3.51. The number of carbonyl (C=O) groups excluding carboxylic acids is 1. The Kier molecular flexibility index (Phi) is 4.84. The van der Waals surface area contributed by atoms with E-state index in [1.165, 1.54) is 0 Å². The number of aryl methyl sites for hydroxylation is 1. The van der Waals surface area contributed by atoms with Gasteiger partial charge in [-0.2, -0.15) is 0 Å². The van der Waals surface area contributed by atoms with Crippen molar-refractivity contribution in [3.63, 3.8) is 0 Å². The molecule has 0 aliphatic rings. The van der Waals surface area contributed by atoms with Crippen LogP contribution in [0.2, 0.25) is 0 Å². The number of aromatic nitrogens is 1. The van der Waals surface area contributed by atoms with Crippen LogP contribution in [-0.4, -0.2) is 10.9 Å². The molecule has 0 aliphatic carbocycles. The minimum atomic E-state index is -0.133. The normalized spacial score (nSPS) is 11.0. The molecule has 0 unspecified atom stereocenters. The van der Waals surface area contributed by atoms with E-state index >= 15 is 0 Å².